The minimum Gasteiger partial charge on any atom is -0.363 e. The van der Waals surface area contributed by atoms with Crippen molar-refractivity contribution in [1.82, 2.24) is 10.0 Å². The maximum absolute atomic E-state index is 13.0. The smallest absolute Gasteiger partial charge is 0.248 e. The molecule has 1 heterocycles. The third-order valence-corrected chi connectivity index (χ3v) is 8.30. The zero-order valence-corrected chi connectivity index (χ0v) is 23.5. The number of rotatable bonds is 8. The van der Waals surface area contributed by atoms with E-state index in [9.17, 15) is 22.4 Å². The zero-order valence-electron chi connectivity index (χ0n) is 22.6. The molecular weight excluding hydrogens is 516 g/mol. The first-order chi connectivity index (χ1) is 17.8. The molecule has 3 aliphatic carbocycles. The van der Waals surface area contributed by atoms with Crippen molar-refractivity contribution in [2.45, 2.75) is 114 Å². The molecule has 10 heteroatoms. The van der Waals surface area contributed by atoms with E-state index >= 15 is 0 Å². The van der Waals surface area contributed by atoms with Gasteiger partial charge in [0.2, 0.25) is 17.8 Å². The number of amides is 1. The van der Waals surface area contributed by atoms with Crippen molar-refractivity contribution in [3.05, 3.63) is 23.8 Å². The first-order valence-corrected chi connectivity index (χ1v) is 14.7. The second kappa shape index (κ2) is 11.8. The number of nitrogens with one attached hydrogen (secondary N) is 4. The van der Waals surface area contributed by atoms with E-state index in [0.717, 1.165) is 42.7 Å². The number of carbonyl (C=O) groups is 1. The van der Waals surface area contributed by atoms with Crippen LogP contribution in [0.15, 0.2) is 18.2 Å². The summed E-state index contributed by atoms with van der Waals surface area (Å²) in [5.74, 6) is -4.76. The Hall–Kier alpha value is -1.68. The number of anilines is 2. The lowest BCUT2D eigenvalue weighted by atomic mass is 9.79. The van der Waals surface area contributed by atoms with Crippen LogP contribution in [-0.2, 0) is 4.79 Å². The van der Waals surface area contributed by atoms with Crippen molar-refractivity contribution in [2.24, 2.45) is 11.8 Å². The number of halogens is 4. The molecule has 5 nitrogen and oxygen atoms in total. The Kier molecular flexibility index (Phi) is 9.12. The van der Waals surface area contributed by atoms with Gasteiger partial charge in [0.25, 0.3) is 0 Å². The van der Waals surface area contributed by atoms with Crippen LogP contribution in [0.3, 0.4) is 0 Å². The predicted molar refractivity (Wildman–Crippen MR) is 147 cm³/mol. The van der Waals surface area contributed by atoms with E-state index in [1.54, 1.807) is 11.9 Å². The standard InChI is InChI=1S/C22H32F2N4OS.C6H10F2/c1-21(2,3)30-25-12-18-26-16-7-6-15(9-17(16)27-18)20(14-4-5-14)28-19(29)8-13-10-22(23,24)11-13;7-6(8)4-2-1-3-5-6/h6-7,9,13-14,18,20,25-27H,4-5,8,10-12H2,1-3H3,(H,28,29);1-5H2. The summed E-state index contributed by atoms with van der Waals surface area (Å²) in [5, 5.41) is 10.1. The topological polar surface area (TPSA) is 65.2 Å². The fourth-order valence-electron chi connectivity index (χ4n) is 5.25. The normalized spacial score (nSPS) is 24.6. The van der Waals surface area contributed by atoms with Crippen LogP contribution in [0.5, 0.6) is 0 Å². The molecule has 5 rings (SSSR count). The molecule has 0 aromatic heterocycles. The molecule has 0 saturated heterocycles. The van der Waals surface area contributed by atoms with Crippen LogP contribution in [0.25, 0.3) is 0 Å². The van der Waals surface area contributed by atoms with Crippen molar-refractivity contribution in [3.63, 3.8) is 0 Å². The molecule has 2 unspecified atom stereocenters. The molecule has 4 N–H and O–H groups in total. The summed E-state index contributed by atoms with van der Waals surface area (Å²) >= 11 is 1.71. The Morgan fingerprint density at radius 3 is 2.24 bits per heavy atom. The van der Waals surface area contributed by atoms with Gasteiger partial charge in [0.15, 0.2) is 0 Å². The number of fused-ring (bicyclic) bond motifs is 1. The molecule has 3 saturated carbocycles. The first-order valence-electron chi connectivity index (χ1n) is 13.9. The third kappa shape index (κ3) is 8.93. The highest BCUT2D eigenvalue weighted by Crippen LogP contribution is 2.45. The van der Waals surface area contributed by atoms with Crippen molar-refractivity contribution < 1.29 is 22.4 Å². The molecule has 0 radical (unpaired) electrons. The van der Waals surface area contributed by atoms with Crippen LogP contribution < -0.4 is 20.7 Å². The van der Waals surface area contributed by atoms with Crippen molar-refractivity contribution in [3.8, 4) is 0 Å². The molecule has 1 amide bonds. The van der Waals surface area contributed by atoms with E-state index in [1.807, 2.05) is 0 Å². The Bertz CT molecular complexity index is 951. The van der Waals surface area contributed by atoms with Crippen molar-refractivity contribution in [1.29, 1.82) is 0 Å². The fourth-order valence-corrected chi connectivity index (χ4v) is 5.93. The monoisotopic (exact) mass is 558 g/mol. The highest BCUT2D eigenvalue weighted by atomic mass is 32.2. The lowest BCUT2D eigenvalue weighted by Crippen LogP contribution is -2.39. The highest BCUT2D eigenvalue weighted by molar-refractivity contribution is 7.98. The quantitative estimate of drug-likeness (QED) is 0.197. The van der Waals surface area contributed by atoms with Gasteiger partial charge in [0.1, 0.15) is 6.17 Å². The average molecular weight is 559 g/mol. The van der Waals surface area contributed by atoms with Crippen LogP contribution in [0, 0.1) is 11.8 Å². The third-order valence-electron chi connectivity index (χ3n) is 7.37. The van der Waals surface area contributed by atoms with Gasteiger partial charge in [-0.05, 0) is 76.0 Å². The zero-order chi connectivity index (χ0) is 27.6. The summed E-state index contributed by atoms with van der Waals surface area (Å²) in [5.41, 5.74) is 3.18. The maximum Gasteiger partial charge on any atom is 0.248 e. The number of alkyl halides is 4. The Balaban J connectivity index is 0.000000360. The number of benzene rings is 1. The predicted octanol–water partition coefficient (Wildman–Crippen LogP) is 7.47. The van der Waals surface area contributed by atoms with Crippen LogP contribution >= 0.6 is 11.9 Å². The van der Waals surface area contributed by atoms with Gasteiger partial charge in [0.05, 0.1) is 17.4 Å². The van der Waals surface area contributed by atoms with Crippen molar-refractivity contribution >= 4 is 29.2 Å². The number of hydrogen-bond donors (Lipinski definition) is 4. The van der Waals surface area contributed by atoms with Crippen LogP contribution in [0.2, 0.25) is 0 Å². The van der Waals surface area contributed by atoms with Gasteiger partial charge in [-0.25, -0.2) is 17.6 Å². The Labute approximate surface area is 228 Å². The molecule has 0 bridgehead atoms. The Morgan fingerprint density at radius 2 is 1.68 bits per heavy atom. The van der Waals surface area contributed by atoms with Gasteiger partial charge in [-0.15, -0.1) is 0 Å². The van der Waals surface area contributed by atoms with Gasteiger partial charge in [-0.1, -0.05) is 24.4 Å². The number of hydrogen-bond acceptors (Lipinski definition) is 5. The van der Waals surface area contributed by atoms with Gasteiger partial charge in [0, 0.05) is 43.4 Å². The van der Waals surface area contributed by atoms with Crippen LogP contribution in [-0.4, -0.2) is 35.2 Å². The minimum absolute atomic E-state index is 0.0428. The summed E-state index contributed by atoms with van der Waals surface area (Å²) in [4.78, 5) is 12.5. The Morgan fingerprint density at radius 1 is 1.03 bits per heavy atom. The largest absolute Gasteiger partial charge is 0.363 e. The van der Waals surface area contributed by atoms with E-state index < -0.39 is 11.8 Å². The summed E-state index contributed by atoms with van der Waals surface area (Å²) in [6, 6.07) is 6.19. The van der Waals surface area contributed by atoms with Gasteiger partial charge in [-0.2, -0.15) is 0 Å². The molecule has 0 spiro atoms. The average Bonchev–Trinajstić information content (AvgIpc) is 3.54. The minimum atomic E-state index is -2.57. The summed E-state index contributed by atoms with van der Waals surface area (Å²) < 4.78 is 54.1. The molecular formula is C28H42F4N4OS. The van der Waals surface area contributed by atoms with Crippen molar-refractivity contribution in [2.75, 3.05) is 17.2 Å². The van der Waals surface area contributed by atoms with Crippen LogP contribution in [0.4, 0.5) is 28.9 Å². The second-order valence-corrected chi connectivity index (χ2v) is 14.1. The molecule has 214 valence electrons. The van der Waals surface area contributed by atoms with Gasteiger partial charge >= 0.3 is 0 Å². The second-order valence-electron chi connectivity index (χ2n) is 12.3. The highest BCUT2D eigenvalue weighted by Gasteiger charge is 2.46. The summed E-state index contributed by atoms with van der Waals surface area (Å²) in [6.45, 7) is 7.29. The molecule has 1 aromatic rings. The summed E-state index contributed by atoms with van der Waals surface area (Å²) in [6.07, 6.45) is 4.83. The molecule has 38 heavy (non-hydrogen) atoms. The van der Waals surface area contributed by atoms with E-state index in [-0.39, 0.29) is 60.9 Å². The van der Waals surface area contributed by atoms with E-state index in [1.165, 1.54) is 0 Å². The van der Waals surface area contributed by atoms with Gasteiger partial charge in [-0.3, -0.25) is 9.52 Å². The molecule has 1 aromatic carbocycles. The SMILES string of the molecule is CC(C)(C)SNCC1Nc2ccc(C(NC(=O)CC3CC(F)(F)C3)C3CC3)cc2N1.FC1(F)CCCCC1. The summed E-state index contributed by atoms with van der Waals surface area (Å²) in [7, 11) is 0. The number of carbonyl (C=O) groups excluding carboxylic acids is 1. The van der Waals surface area contributed by atoms with Gasteiger partial charge < -0.3 is 16.0 Å². The first kappa shape index (κ1) is 29.3. The molecule has 1 aliphatic heterocycles. The fraction of sp³-hybridized carbons (Fsp3) is 0.750. The van der Waals surface area contributed by atoms with E-state index in [2.05, 4.69) is 59.6 Å². The molecule has 3 fully saturated rings. The maximum atomic E-state index is 13.0. The molecule has 2 atom stereocenters. The van der Waals surface area contributed by atoms with Crippen LogP contribution in [0.1, 0.15) is 96.6 Å². The lowest BCUT2D eigenvalue weighted by Gasteiger charge is -2.34. The molecule has 4 aliphatic rings. The van der Waals surface area contributed by atoms with E-state index in [0.29, 0.717) is 18.8 Å². The van der Waals surface area contributed by atoms with E-state index in [4.69, 9.17) is 0 Å². The lowest BCUT2D eigenvalue weighted by molar-refractivity contribution is -0.134.